The average molecular weight is 326 g/mol. The summed E-state index contributed by atoms with van der Waals surface area (Å²) in [5, 5.41) is 2.87. The van der Waals surface area contributed by atoms with Crippen LogP contribution in [0.2, 0.25) is 0 Å². The van der Waals surface area contributed by atoms with Gasteiger partial charge in [-0.3, -0.25) is 0 Å². The molecule has 0 unspecified atom stereocenters. The second-order valence-corrected chi connectivity index (χ2v) is 6.15. The fourth-order valence-corrected chi connectivity index (χ4v) is 2.35. The molecule has 0 spiro atoms. The van der Waals surface area contributed by atoms with Gasteiger partial charge in [0.25, 0.3) is 0 Å². The summed E-state index contributed by atoms with van der Waals surface area (Å²) in [5.41, 5.74) is 2.36. The van der Waals surface area contributed by atoms with E-state index in [0.717, 1.165) is 11.3 Å². The Morgan fingerprint density at radius 1 is 1.12 bits per heavy atom. The Hall–Kier alpha value is -2.49. The molecule has 2 rings (SSSR count). The predicted octanol–water partition coefficient (Wildman–Crippen LogP) is 4.03. The Morgan fingerprint density at radius 2 is 1.88 bits per heavy atom. The maximum Gasteiger partial charge on any atom is 0.317 e. The zero-order chi connectivity index (χ0) is 17.4. The third-order valence-electron chi connectivity index (χ3n) is 3.78. The fraction of sp³-hybridized carbons (Fsp3) is 0.350. The van der Waals surface area contributed by atoms with Crippen LogP contribution in [-0.2, 0) is 6.54 Å². The topological polar surface area (TPSA) is 41.6 Å². The molecule has 0 aliphatic carbocycles. The summed E-state index contributed by atoms with van der Waals surface area (Å²) in [6.45, 7) is 5.82. The highest BCUT2D eigenvalue weighted by atomic mass is 16.5. The van der Waals surface area contributed by atoms with E-state index in [1.165, 1.54) is 5.56 Å². The van der Waals surface area contributed by atoms with Crippen molar-refractivity contribution in [3.63, 3.8) is 0 Å². The highest BCUT2D eigenvalue weighted by Gasteiger charge is 2.08. The van der Waals surface area contributed by atoms with Crippen LogP contribution in [0.3, 0.4) is 0 Å². The van der Waals surface area contributed by atoms with Crippen molar-refractivity contribution in [1.29, 1.82) is 0 Å². The number of carbonyl (C=O) groups excluding carboxylic acids is 1. The number of urea groups is 1. The number of benzene rings is 2. The van der Waals surface area contributed by atoms with Crippen LogP contribution in [0.1, 0.15) is 30.9 Å². The zero-order valence-electron chi connectivity index (χ0n) is 14.7. The van der Waals surface area contributed by atoms with Gasteiger partial charge in [0, 0.05) is 13.6 Å². The predicted molar refractivity (Wildman–Crippen MR) is 97.3 cm³/mol. The maximum absolute atomic E-state index is 12.1. The highest BCUT2D eigenvalue weighted by molar-refractivity contribution is 5.73. The molecule has 4 heteroatoms. The van der Waals surface area contributed by atoms with Crippen molar-refractivity contribution in [2.45, 2.75) is 26.3 Å². The van der Waals surface area contributed by atoms with Gasteiger partial charge < -0.3 is 15.0 Å². The standard InChI is InChI=1S/C20H26N2O2/c1-16(2)18-10-7-11-19(14-18)24-13-12-21-20(23)22(3)15-17-8-5-4-6-9-17/h4-11,14,16H,12-13,15H2,1-3H3,(H,21,23). The molecule has 2 aromatic carbocycles. The van der Waals surface area contributed by atoms with E-state index in [1.54, 1.807) is 11.9 Å². The van der Waals surface area contributed by atoms with Gasteiger partial charge in [0.1, 0.15) is 12.4 Å². The van der Waals surface area contributed by atoms with Crippen molar-refractivity contribution >= 4 is 6.03 Å². The molecule has 0 saturated carbocycles. The molecule has 2 amide bonds. The largest absolute Gasteiger partial charge is 0.492 e. The van der Waals surface area contributed by atoms with Gasteiger partial charge in [-0.25, -0.2) is 4.79 Å². The molecular formula is C20H26N2O2. The summed E-state index contributed by atoms with van der Waals surface area (Å²) in [7, 11) is 1.79. The van der Waals surface area contributed by atoms with Crippen LogP contribution < -0.4 is 10.1 Å². The third-order valence-corrected chi connectivity index (χ3v) is 3.78. The van der Waals surface area contributed by atoms with Crippen LogP contribution in [0.5, 0.6) is 5.75 Å². The summed E-state index contributed by atoms with van der Waals surface area (Å²) < 4.78 is 5.71. The number of carbonyl (C=O) groups is 1. The number of hydrogen-bond acceptors (Lipinski definition) is 2. The Bertz CT molecular complexity index is 641. The van der Waals surface area contributed by atoms with Gasteiger partial charge in [-0.2, -0.15) is 0 Å². The molecule has 0 atom stereocenters. The molecule has 0 aromatic heterocycles. The quantitative estimate of drug-likeness (QED) is 0.781. The van der Waals surface area contributed by atoms with Crippen molar-refractivity contribution in [1.82, 2.24) is 10.2 Å². The Morgan fingerprint density at radius 3 is 2.58 bits per heavy atom. The minimum Gasteiger partial charge on any atom is -0.492 e. The third kappa shape index (κ3) is 5.61. The van der Waals surface area contributed by atoms with E-state index in [9.17, 15) is 4.79 Å². The number of ether oxygens (including phenoxy) is 1. The summed E-state index contributed by atoms with van der Waals surface area (Å²) >= 11 is 0. The second kappa shape index (κ2) is 8.96. The van der Waals surface area contributed by atoms with E-state index in [0.29, 0.717) is 25.6 Å². The lowest BCUT2D eigenvalue weighted by atomic mass is 10.0. The van der Waals surface area contributed by atoms with Crippen molar-refractivity contribution in [2.24, 2.45) is 0 Å². The van der Waals surface area contributed by atoms with Crippen molar-refractivity contribution in [3.05, 3.63) is 65.7 Å². The molecule has 0 heterocycles. The molecule has 4 nitrogen and oxygen atoms in total. The van der Waals surface area contributed by atoms with Crippen LogP contribution in [-0.4, -0.2) is 31.1 Å². The van der Waals surface area contributed by atoms with E-state index in [2.05, 4.69) is 25.2 Å². The van der Waals surface area contributed by atoms with E-state index in [-0.39, 0.29) is 6.03 Å². The van der Waals surface area contributed by atoms with Crippen LogP contribution in [0.15, 0.2) is 54.6 Å². The highest BCUT2D eigenvalue weighted by Crippen LogP contribution is 2.19. The van der Waals surface area contributed by atoms with Crippen molar-refractivity contribution in [3.8, 4) is 5.75 Å². The first-order valence-corrected chi connectivity index (χ1v) is 8.32. The first kappa shape index (κ1) is 17.9. The normalized spacial score (nSPS) is 10.5. The number of amides is 2. The Kier molecular flexibility index (Phi) is 6.67. The molecule has 128 valence electrons. The molecule has 0 aliphatic rings. The van der Waals surface area contributed by atoms with Crippen LogP contribution >= 0.6 is 0 Å². The van der Waals surface area contributed by atoms with Crippen LogP contribution in [0, 0.1) is 0 Å². The van der Waals surface area contributed by atoms with Crippen molar-refractivity contribution < 1.29 is 9.53 Å². The summed E-state index contributed by atoms with van der Waals surface area (Å²) in [6.07, 6.45) is 0. The minimum absolute atomic E-state index is 0.0987. The molecule has 0 aliphatic heterocycles. The van der Waals surface area contributed by atoms with Gasteiger partial charge in [-0.05, 0) is 29.2 Å². The first-order valence-electron chi connectivity index (χ1n) is 8.32. The van der Waals surface area contributed by atoms with E-state index in [1.807, 2.05) is 48.5 Å². The fourth-order valence-electron chi connectivity index (χ4n) is 2.35. The van der Waals surface area contributed by atoms with Gasteiger partial charge in [-0.1, -0.05) is 56.3 Å². The lowest BCUT2D eigenvalue weighted by molar-refractivity contribution is 0.203. The molecule has 0 saturated heterocycles. The van der Waals surface area contributed by atoms with Gasteiger partial charge >= 0.3 is 6.03 Å². The first-order chi connectivity index (χ1) is 11.6. The molecule has 0 bridgehead atoms. The van der Waals surface area contributed by atoms with Crippen molar-refractivity contribution in [2.75, 3.05) is 20.2 Å². The number of rotatable bonds is 7. The number of hydrogen-bond donors (Lipinski definition) is 1. The molecule has 0 fully saturated rings. The summed E-state index contributed by atoms with van der Waals surface area (Å²) in [4.78, 5) is 13.7. The van der Waals surface area contributed by atoms with E-state index >= 15 is 0 Å². The Balaban J connectivity index is 1.71. The smallest absolute Gasteiger partial charge is 0.317 e. The summed E-state index contributed by atoms with van der Waals surface area (Å²) in [5.74, 6) is 1.31. The van der Waals surface area contributed by atoms with Crippen LogP contribution in [0.4, 0.5) is 4.79 Å². The summed E-state index contributed by atoms with van der Waals surface area (Å²) in [6, 6.07) is 17.9. The minimum atomic E-state index is -0.0987. The maximum atomic E-state index is 12.1. The number of nitrogens with zero attached hydrogens (tertiary/aromatic N) is 1. The van der Waals surface area contributed by atoms with E-state index < -0.39 is 0 Å². The van der Waals surface area contributed by atoms with Gasteiger partial charge in [0.2, 0.25) is 0 Å². The average Bonchev–Trinajstić information content (AvgIpc) is 2.59. The lowest BCUT2D eigenvalue weighted by Gasteiger charge is -2.18. The zero-order valence-corrected chi connectivity index (χ0v) is 14.7. The molecule has 2 aromatic rings. The molecule has 24 heavy (non-hydrogen) atoms. The van der Waals surface area contributed by atoms with Gasteiger partial charge in [0.15, 0.2) is 0 Å². The molecule has 0 radical (unpaired) electrons. The van der Waals surface area contributed by atoms with Crippen LogP contribution in [0.25, 0.3) is 0 Å². The van der Waals surface area contributed by atoms with E-state index in [4.69, 9.17) is 4.74 Å². The lowest BCUT2D eigenvalue weighted by Crippen LogP contribution is -2.38. The molecular weight excluding hydrogens is 300 g/mol. The Labute approximate surface area is 144 Å². The van der Waals surface area contributed by atoms with Gasteiger partial charge in [0.05, 0.1) is 6.54 Å². The second-order valence-electron chi connectivity index (χ2n) is 6.15. The SMILES string of the molecule is CC(C)c1cccc(OCCNC(=O)N(C)Cc2ccccc2)c1. The molecule has 1 N–H and O–H groups in total. The number of nitrogens with one attached hydrogen (secondary N) is 1. The van der Waals surface area contributed by atoms with Gasteiger partial charge in [-0.15, -0.1) is 0 Å². The monoisotopic (exact) mass is 326 g/mol.